The van der Waals surface area contributed by atoms with Gasteiger partial charge in [0.1, 0.15) is 5.60 Å². The van der Waals surface area contributed by atoms with Crippen molar-refractivity contribution in [3.05, 3.63) is 0 Å². The maximum atomic E-state index is 11.4. The van der Waals surface area contributed by atoms with E-state index in [1.807, 2.05) is 0 Å². The molecule has 5 heteroatoms. The third-order valence-corrected chi connectivity index (χ3v) is 2.90. The van der Waals surface area contributed by atoms with E-state index < -0.39 is 11.1 Å². The number of nitrogens with two attached hydrogens (primary N) is 1. The van der Waals surface area contributed by atoms with E-state index in [4.69, 9.17) is 10.5 Å². The van der Waals surface area contributed by atoms with Crippen molar-refractivity contribution in [2.45, 2.75) is 30.4 Å². The first-order chi connectivity index (χ1) is 6.54. The van der Waals surface area contributed by atoms with E-state index >= 15 is 0 Å². The molecule has 1 unspecified atom stereocenters. The van der Waals surface area contributed by atoms with Crippen LogP contribution in [-0.4, -0.2) is 41.9 Å². The normalized spacial score (nSPS) is 34.1. The molecular weight excluding hydrogens is 184 g/mol. The Morgan fingerprint density at radius 1 is 1.50 bits per heavy atom. The monoisotopic (exact) mass is 200 g/mol. The number of ether oxygens (including phenoxy) is 1. The van der Waals surface area contributed by atoms with Gasteiger partial charge in [0.2, 0.25) is 5.91 Å². The van der Waals surface area contributed by atoms with Gasteiger partial charge in [0.25, 0.3) is 0 Å². The molecule has 0 aromatic rings. The fourth-order valence-corrected chi connectivity index (χ4v) is 1.52. The van der Waals surface area contributed by atoms with Crippen LogP contribution in [-0.2, 0) is 9.53 Å². The molecule has 0 radical (unpaired) electrons. The molecule has 0 spiro atoms. The van der Waals surface area contributed by atoms with Crippen molar-refractivity contribution in [2.75, 3.05) is 19.8 Å². The SMILES string of the molecule is NC1(C(=O)NCC2(O)CCOC2)CC1. The summed E-state index contributed by atoms with van der Waals surface area (Å²) in [5.41, 5.74) is 4.15. The second-order valence-electron chi connectivity index (χ2n) is 4.37. The van der Waals surface area contributed by atoms with Crippen LogP contribution in [0.25, 0.3) is 0 Å². The van der Waals surface area contributed by atoms with E-state index in [0.29, 0.717) is 19.6 Å². The molecular formula is C9H16N2O3. The minimum Gasteiger partial charge on any atom is -0.386 e. The summed E-state index contributed by atoms with van der Waals surface area (Å²) in [6.07, 6.45) is 2.06. The highest BCUT2D eigenvalue weighted by atomic mass is 16.5. The number of nitrogens with one attached hydrogen (secondary N) is 1. The van der Waals surface area contributed by atoms with Gasteiger partial charge in [-0.1, -0.05) is 0 Å². The number of amides is 1. The Kier molecular flexibility index (Phi) is 2.25. The number of aliphatic hydroxyl groups is 1. The Labute approximate surface area is 82.6 Å². The summed E-state index contributed by atoms with van der Waals surface area (Å²) in [5.74, 6) is -0.155. The number of rotatable bonds is 3. The molecule has 1 amide bonds. The molecule has 4 N–H and O–H groups in total. The summed E-state index contributed by atoms with van der Waals surface area (Å²) in [6, 6.07) is 0. The lowest BCUT2D eigenvalue weighted by atomic mass is 10.0. The summed E-state index contributed by atoms with van der Waals surface area (Å²) in [6.45, 7) is 1.09. The molecule has 0 aromatic carbocycles. The molecule has 1 atom stereocenters. The van der Waals surface area contributed by atoms with E-state index in [1.54, 1.807) is 0 Å². The summed E-state index contributed by atoms with van der Waals surface area (Å²) < 4.78 is 5.06. The fraction of sp³-hybridized carbons (Fsp3) is 0.889. The zero-order chi connectivity index (χ0) is 10.2. The molecule has 1 saturated carbocycles. The maximum Gasteiger partial charge on any atom is 0.240 e. The second kappa shape index (κ2) is 3.18. The van der Waals surface area contributed by atoms with Crippen molar-refractivity contribution in [3.63, 3.8) is 0 Å². The summed E-state index contributed by atoms with van der Waals surface area (Å²) in [7, 11) is 0. The standard InChI is InChI=1S/C9H16N2O3/c10-9(1-2-9)7(12)11-5-8(13)3-4-14-6-8/h13H,1-6,10H2,(H,11,12). The van der Waals surface area contributed by atoms with Gasteiger partial charge in [-0.15, -0.1) is 0 Å². The first kappa shape index (κ1) is 9.89. The number of hydrogen-bond acceptors (Lipinski definition) is 4. The van der Waals surface area contributed by atoms with Crippen LogP contribution < -0.4 is 11.1 Å². The summed E-state index contributed by atoms with van der Waals surface area (Å²) in [4.78, 5) is 11.4. The highest BCUT2D eigenvalue weighted by Crippen LogP contribution is 2.32. The Balaban J connectivity index is 1.79. The van der Waals surface area contributed by atoms with Crippen molar-refractivity contribution in [1.82, 2.24) is 5.32 Å². The van der Waals surface area contributed by atoms with Crippen molar-refractivity contribution in [2.24, 2.45) is 5.73 Å². The van der Waals surface area contributed by atoms with Crippen molar-refractivity contribution >= 4 is 5.91 Å². The van der Waals surface area contributed by atoms with E-state index in [0.717, 1.165) is 12.8 Å². The molecule has 1 aliphatic heterocycles. The Hall–Kier alpha value is -0.650. The number of hydrogen-bond donors (Lipinski definition) is 3. The lowest BCUT2D eigenvalue weighted by molar-refractivity contribution is -0.124. The van der Waals surface area contributed by atoms with Crippen LogP contribution in [0, 0.1) is 0 Å². The highest BCUT2D eigenvalue weighted by molar-refractivity contribution is 5.89. The zero-order valence-corrected chi connectivity index (χ0v) is 8.08. The predicted octanol–water partition coefficient (Wildman–Crippen LogP) is -1.25. The van der Waals surface area contributed by atoms with E-state index in [2.05, 4.69) is 5.32 Å². The largest absolute Gasteiger partial charge is 0.386 e. The summed E-state index contributed by atoms with van der Waals surface area (Å²) >= 11 is 0. The van der Waals surface area contributed by atoms with Crippen LogP contribution in [0.4, 0.5) is 0 Å². The minimum absolute atomic E-state index is 0.155. The van der Waals surface area contributed by atoms with Crippen LogP contribution in [0.1, 0.15) is 19.3 Å². The molecule has 80 valence electrons. The summed E-state index contributed by atoms with van der Waals surface area (Å²) in [5, 5.41) is 12.5. The molecule has 5 nitrogen and oxygen atoms in total. The van der Waals surface area contributed by atoms with Crippen LogP contribution in [0.5, 0.6) is 0 Å². The van der Waals surface area contributed by atoms with Gasteiger partial charge in [-0.05, 0) is 12.8 Å². The van der Waals surface area contributed by atoms with Crippen molar-refractivity contribution in [3.8, 4) is 0 Å². The average Bonchev–Trinajstić information content (AvgIpc) is 2.75. The van der Waals surface area contributed by atoms with E-state index in [-0.39, 0.29) is 12.5 Å². The molecule has 1 aliphatic carbocycles. The highest BCUT2D eigenvalue weighted by Gasteiger charge is 2.46. The molecule has 1 saturated heterocycles. The molecule has 0 aromatic heterocycles. The third-order valence-electron chi connectivity index (χ3n) is 2.90. The van der Waals surface area contributed by atoms with Crippen LogP contribution in [0.15, 0.2) is 0 Å². The third kappa shape index (κ3) is 1.89. The lowest BCUT2D eigenvalue weighted by Gasteiger charge is -2.21. The van der Waals surface area contributed by atoms with Gasteiger partial charge in [0, 0.05) is 19.6 Å². The van der Waals surface area contributed by atoms with Gasteiger partial charge < -0.3 is 20.9 Å². The predicted molar refractivity (Wildman–Crippen MR) is 49.5 cm³/mol. The maximum absolute atomic E-state index is 11.4. The number of carbonyl (C=O) groups excluding carboxylic acids is 1. The minimum atomic E-state index is -0.888. The van der Waals surface area contributed by atoms with E-state index in [9.17, 15) is 9.90 Å². The molecule has 14 heavy (non-hydrogen) atoms. The molecule has 2 rings (SSSR count). The molecule has 1 heterocycles. The average molecular weight is 200 g/mol. The smallest absolute Gasteiger partial charge is 0.240 e. The van der Waals surface area contributed by atoms with E-state index in [1.165, 1.54) is 0 Å². The van der Waals surface area contributed by atoms with Crippen LogP contribution in [0.2, 0.25) is 0 Å². The Morgan fingerprint density at radius 3 is 2.71 bits per heavy atom. The van der Waals surface area contributed by atoms with Gasteiger partial charge in [-0.2, -0.15) is 0 Å². The number of carbonyl (C=O) groups is 1. The first-order valence-electron chi connectivity index (χ1n) is 4.92. The topological polar surface area (TPSA) is 84.6 Å². The molecule has 0 bridgehead atoms. The van der Waals surface area contributed by atoms with Gasteiger partial charge >= 0.3 is 0 Å². The first-order valence-corrected chi connectivity index (χ1v) is 4.92. The molecule has 2 aliphatic rings. The zero-order valence-electron chi connectivity index (χ0n) is 8.08. The van der Waals surface area contributed by atoms with Gasteiger partial charge in [0.05, 0.1) is 12.1 Å². The molecule has 2 fully saturated rings. The fourth-order valence-electron chi connectivity index (χ4n) is 1.52. The van der Waals surface area contributed by atoms with Crippen LogP contribution in [0.3, 0.4) is 0 Å². The lowest BCUT2D eigenvalue weighted by Crippen LogP contribution is -2.49. The van der Waals surface area contributed by atoms with Gasteiger partial charge in [-0.3, -0.25) is 4.79 Å². The quantitative estimate of drug-likeness (QED) is 0.531. The second-order valence-corrected chi connectivity index (χ2v) is 4.37. The van der Waals surface area contributed by atoms with Crippen molar-refractivity contribution in [1.29, 1.82) is 0 Å². The van der Waals surface area contributed by atoms with Crippen molar-refractivity contribution < 1.29 is 14.6 Å². The van der Waals surface area contributed by atoms with Gasteiger partial charge in [-0.25, -0.2) is 0 Å². The van der Waals surface area contributed by atoms with Gasteiger partial charge in [0.15, 0.2) is 0 Å². The Bertz CT molecular complexity index is 244. The van der Waals surface area contributed by atoms with Crippen LogP contribution >= 0.6 is 0 Å². The Morgan fingerprint density at radius 2 is 2.21 bits per heavy atom.